The van der Waals surface area contributed by atoms with Crippen molar-refractivity contribution < 1.29 is 18.0 Å². The van der Waals surface area contributed by atoms with Crippen LogP contribution in [-0.2, 0) is 4.79 Å². The first-order chi connectivity index (χ1) is 8.89. The van der Waals surface area contributed by atoms with E-state index in [0.29, 0.717) is 18.9 Å². The number of hydrogen-bond acceptors (Lipinski definition) is 3. The van der Waals surface area contributed by atoms with Crippen molar-refractivity contribution in [3.63, 3.8) is 0 Å². The molecular formula is C12H23F3N2OS. The monoisotopic (exact) mass is 300 g/mol. The van der Waals surface area contributed by atoms with Crippen LogP contribution in [0.25, 0.3) is 0 Å². The molecule has 0 heterocycles. The second-order valence-electron chi connectivity index (χ2n) is 4.41. The van der Waals surface area contributed by atoms with E-state index in [0.717, 1.165) is 25.7 Å². The van der Waals surface area contributed by atoms with E-state index in [2.05, 4.69) is 12.2 Å². The standard InChI is InChI=1S/C12H23F3N2OS/c1-2-3-10(6-7-16)4-5-11(18)17-8-9-19-12(13,14)15/h10H,2-9,16H2,1H3,(H,17,18). The van der Waals surface area contributed by atoms with Gasteiger partial charge in [-0.25, -0.2) is 0 Å². The van der Waals surface area contributed by atoms with Crippen LogP contribution in [0.3, 0.4) is 0 Å². The summed E-state index contributed by atoms with van der Waals surface area (Å²) in [5.41, 5.74) is 1.27. The lowest BCUT2D eigenvalue weighted by molar-refractivity contribution is -0.121. The van der Waals surface area contributed by atoms with E-state index in [1.165, 1.54) is 0 Å². The van der Waals surface area contributed by atoms with Crippen molar-refractivity contribution in [2.24, 2.45) is 11.7 Å². The van der Waals surface area contributed by atoms with Crippen molar-refractivity contribution in [3.8, 4) is 0 Å². The van der Waals surface area contributed by atoms with Gasteiger partial charge in [-0.2, -0.15) is 13.2 Å². The summed E-state index contributed by atoms with van der Waals surface area (Å²) >= 11 is -0.115. The predicted octanol–water partition coefficient (Wildman–Crippen LogP) is 2.90. The highest BCUT2D eigenvalue weighted by atomic mass is 32.2. The third kappa shape index (κ3) is 12.4. The van der Waals surface area contributed by atoms with E-state index in [4.69, 9.17) is 5.73 Å². The smallest absolute Gasteiger partial charge is 0.355 e. The van der Waals surface area contributed by atoms with E-state index in [-0.39, 0.29) is 30.0 Å². The van der Waals surface area contributed by atoms with Crippen LogP contribution in [0, 0.1) is 5.92 Å². The number of carbonyl (C=O) groups is 1. The Hall–Kier alpha value is -0.430. The molecule has 0 bridgehead atoms. The van der Waals surface area contributed by atoms with E-state index >= 15 is 0 Å². The molecule has 1 atom stereocenters. The van der Waals surface area contributed by atoms with Crippen molar-refractivity contribution >= 4 is 17.7 Å². The van der Waals surface area contributed by atoms with Gasteiger partial charge in [0.1, 0.15) is 0 Å². The fraction of sp³-hybridized carbons (Fsp3) is 0.917. The van der Waals surface area contributed by atoms with Crippen LogP contribution in [0.15, 0.2) is 0 Å². The van der Waals surface area contributed by atoms with Crippen LogP contribution in [0.2, 0.25) is 0 Å². The highest BCUT2D eigenvalue weighted by molar-refractivity contribution is 8.00. The SMILES string of the molecule is CCCC(CCN)CCC(=O)NCCSC(F)(F)F. The number of carbonyl (C=O) groups excluding carboxylic acids is 1. The number of nitrogens with one attached hydrogen (secondary N) is 1. The summed E-state index contributed by atoms with van der Waals surface area (Å²) in [7, 11) is 0. The molecule has 0 aromatic heterocycles. The van der Waals surface area contributed by atoms with Crippen molar-refractivity contribution in [2.45, 2.75) is 44.5 Å². The number of nitrogens with two attached hydrogens (primary N) is 1. The first-order valence-electron chi connectivity index (χ1n) is 6.56. The molecule has 0 aliphatic rings. The molecule has 114 valence electrons. The average molecular weight is 300 g/mol. The summed E-state index contributed by atoms with van der Waals surface area (Å²) in [6.45, 7) is 2.74. The number of amides is 1. The predicted molar refractivity (Wildman–Crippen MR) is 72.8 cm³/mol. The molecule has 0 radical (unpaired) electrons. The zero-order valence-electron chi connectivity index (χ0n) is 11.3. The maximum Gasteiger partial charge on any atom is 0.441 e. The van der Waals surface area contributed by atoms with E-state index in [1.54, 1.807) is 0 Å². The Balaban J connectivity index is 3.67. The highest BCUT2D eigenvalue weighted by Crippen LogP contribution is 2.29. The van der Waals surface area contributed by atoms with Gasteiger partial charge < -0.3 is 11.1 Å². The summed E-state index contributed by atoms with van der Waals surface area (Å²) in [5.74, 6) is 0.113. The van der Waals surface area contributed by atoms with Crippen LogP contribution in [-0.4, -0.2) is 30.3 Å². The molecule has 3 nitrogen and oxygen atoms in total. The van der Waals surface area contributed by atoms with E-state index < -0.39 is 5.51 Å². The van der Waals surface area contributed by atoms with Crippen LogP contribution < -0.4 is 11.1 Å². The molecule has 0 spiro atoms. The molecule has 0 rings (SSSR count). The van der Waals surface area contributed by atoms with Gasteiger partial charge in [0.25, 0.3) is 0 Å². The van der Waals surface area contributed by atoms with Crippen LogP contribution in [0.4, 0.5) is 13.2 Å². The third-order valence-electron chi connectivity index (χ3n) is 2.74. The molecule has 0 aliphatic carbocycles. The quantitative estimate of drug-likeness (QED) is 0.610. The minimum atomic E-state index is -4.22. The Bertz CT molecular complexity index is 244. The maximum atomic E-state index is 11.8. The molecular weight excluding hydrogens is 277 g/mol. The Morgan fingerprint density at radius 1 is 1.32 bits per heavy atom. The Morgan fingerprint density at radius 2 is 2.00 bits per heavy atom. The molecule has 0 aromatic rings. The first kappa shape index (κ1) is 18.6. The second kappa shape index (κ2) is 10.4. The van der Waals surface area contributed by atoms with Gasteiger partial charge in [0.05, 0.1) is 0 Å². The Kier molecular flexibility index (Phi) is 10.1. The van der Waals surface area contributed by atoms with Crippen molar-refractivity contribution in [3.05, 3.63) is 0 Å². The number of halogens is 3. The number of thioether (sulfide) groups is 1. The minimum Gasteiger partial charge on any atom is -0.355 e. The molecule has 0 aliphatic heterocycles. The van der Waals surface area contributed by atoms with Crippen LogP contribution in [0.5, 0.6) is 0 Å². The van der Waals surface area contributed by atoms with E-state index in [9.17, 15) is 18.0 Å². The molecule has 1 amide bonds. The number of rotatable bonds is 10. The lowest BCUT2D eigenvalue weighted by Gasteiger charge is -2.14. The zero-order chi connectivity index (χ0) is 14.7. The lowest BCUT2D eigenvalue weighted by atomic mass is 9.94. The molecule has 0 aromatic carbocycles. The van der Waals surface area contributed by atoms with Gasteiger partial charge in [-0.3, -0.25) is 4.79 Å². The molecule has 0 saturated carbocycles. The van der Waals surface area contributed by atoms with Crippen molar-refractivity contribution in [1.82, 2.24) is 5.32 Å². The topological polar surface area (TPSA) is 55.1 Å². The molecule has 19 heavy (non-hydrogen) atoms. The molecule has 0 saturated heterocycles. The van der Waals surface area contributed by atoms with Gasteiger partial charge >= 0.3 is 5.51 Å². The fourth-order valence-corrected chi connectivity index (χ4v) is 2.29. The Labute approximate surface area is 116 Å². The largest absolute Gasteiger partial charge is 0.441 e. The zero-order valence-corrected chi connectivity index (χ0v) is 12.1. The van der Waals surface area contributed by atoms with Crippen LogP contribution >= 0.6 is 11.8 Å². The normalized spacial score (nSPS) is 13.3. The highest BCUT2D eigenvalue weighted by Gasteiger charge is 2.27. The van der Waals surface area contributed by atoms with Gasteiger partial charge in [0, 0.05) is 18.7 Å². The molecule has 3 N–H and O–H groups in total. The second-order valence-corrected chi connectivity index (χ2v) is 5.57. The molecule has 1 unspecified atom stereocenters. The minimum absolute atomic E-state index is 0.0539. The summed E-state index contributed by atoms with van der Waals surface area (Å²) < 4.78 is 35.5. The molecule has 0 fully saturated rings. The summed E-state index contributed by atoms with van der Waals surface area (Å²) in [6.07, 6.45) is 4.10. The average Bonchev–Trinajstić information content (AvgIpc) is 2.31. The fourth-order valence-electron chi connectivity index (χ4n) is 1.86. The van der Waals surface area contributed by atoms with Crippen LogP contribution in [0.1, 0.15) is 39.0 Å². The number of hydrogen-bond donors (Lipinski definition) is 2. The summed E-state index contributed by atoms with van der Waals surface area (Å²) in [5, 5.41) is 2.50. The van der Waals surface area contributed by atoms with Gasteiger partial charge in [-0.15, -0.1) is 0 Å². The third-order valence-corrected chi connectivity index (χ3v) is 3.48. The van der Waals surface area contributed by atoms with Gasteiger partial charge in [-0.1, -0.05) is 19.8 Å². The molecule has 7 heteroatoms. The van der Waals surface area contributed by atoms with Gasteiger partial charge in [0.2, 0.25) is 5.91 Å². The summed E-state index contributed by atoms with van der Waals surface area (Å²) in [6, 6.07) is 0. The van der Waals surface area contributed by atoms with E-state index in [1.807, 2.05) is 0 Å². The lowest BCUT2D eigenvalue weighted by Crippen LogP contribution is -2.27. The summed E-state index contributed by atoms with van der Waals surface area (Å²) in [4.78, 5) is 11.4. The Morgan fingerprint density at radius 3 is 2.53 bits per heavy atom. The first-order valence-corrected chi connectivity index (χ1v) is 7.55. The van der Waals surface area contributed by atoms with Crippen molar-refractivity contribution in [2.75, 3.05) is 18.8 Å². The van der Waals surface area contributed by atoms with Crippen molar-refractivity contribution in [1.29, 1.82) is 0 Å². The van der Waals surface area contributed by atoms with Gasteiger partial charge in [0.15, 0.2) is 0 Å². The maximum absolute atomic E-state index is 11.8. The number of alkyl halides is 3. The van der Waals surface area contributed by atoms with Gasteiger partial charge in [-0.05, 0) is 37.1 Å².